The van der Waals surface area contributed by atoms with Crippen molar-refractivity contribution in [3.63, 3.8) is 0 Å². The number of rotatable bonds is 2. The molecule has 0 aliphatic carbocycles. The molecule has 0 N–H and O–H groups in total. The third-order valence-electron chi connectivity index (χ3n) is 6.97. The predicted octanol–water partition coefficient (Wildman–Crippen LogP) is 9.00. The van der Waals surface area contributed by atoms with Crippen molar-refractivity contribution >= 4 is 53.3 Å². The van der Waals surface area contributed by atoms with Crippen molar-refractivity contribution in [3.05, 3.63) is 114 Å². The van der Waals surface area contributed by atoms with Gasteiger partial charge in [-0.25, -0.2) is 0 Å². The first-order chi connectivity index (χ1) is 17.2. The van der Waals surface area contributed by atoms with Crippen LogP contribution in [0.1, 0.15) is 11.1 Å². The summed E-state index contributed by atoms with van der Waals surface area (Å²) < 4.78 is 4.94. The van der Waals surface area contributed by atoms with E-state index in [1.165, 1.54) is 42.6 Å². The van der Waals surface area contributed by atoms with Crippen LogP contribution >= 0.6 is 11.3 Å². The van der Waals surface area contributed by atoms with Gasteiger partial charge in [0.2, 0.25) is 0 Å². The lowest BCUT2D eigenvalue weighted by atomic mass is 9.98. The number of hydrogen-bond donors (Lipinski definition) is 0. The molecule has 7 aromatic rings. The van der Waals surface area contributed by atoms with Crippen molar-refractivity contribution in [2.75, 3.05) is 0 Å². The zero-order chi connectivity index (χ0) is 23.5. The Hall–Kier alpha value is -4.39. The first-order valence-electron chi connectivity index (χ1n) is 11.7. The Kier molecular flexibility index (Phi) is 4.33. The van der Waals surface area contributed by atoms with Gasteiger partial charge in [0.15, 0.2) is 0 Å². The topological polar surface area (TPSA) is 28.7 Å². The standard InChI is InChI=1S/C32H20N2S/c1-20-7-2-3-8-23(20)22-14-16-29-27(18-22)26-17-21(19-33)13-15-28(26)34(29)30-11-6-10-25-24-9-4-5-12-31(24)35-32(25)30/h2-18H,1H3. The summed E-state index contributed by atoms with van der Waals surface area (Å²) in [6, 6.07) is 38.8. The van der Waals surface area contributed by atoms with Crippen LogP contribution in [0.15, 0.2) is 103 Å². The maximum absolute atomic E-state index is 9.63. The fraction of sp³-hybridized carbons (Fsp3) is 0.0312. The monoisotopic (exact) mass is 464 g/mol. The Morgan fingerprint density at radius 3 is 2.29 bits per heavy atom. The smallest absolute Gasteiger partial charge is 0.0991 e. The second kappa shape index (κ2) is 7.56. The van der Waals surface area contributed by atoms with Crippen molar-refractivity contribution in [2.24, 2.45) is 0 Å². The highest BCUT2D eigenvalue weighted by Gasteiger charge is 2.17. The van der Waals surface area contributed by atoms with E-state index in [1.54, 1.807) is 0 Å². The van der Waals surface area contributed by atoms with Crippen LogP contribution in [0.4, 0.5) is 0 Å². The number of aryl methyl sites for hydroxylation is 1. The largest absolute Gasteiger partial charge is 0.308 e. The highest BCUT2D eigenvalue weighted by atomic mass is 32.1. The maximum Gasteiger partial charge on any atom is 0.0991 e. The van der Waals surface area contributed by atoms with Crippen LogP contribution in [-0.4, -0.2) is 4.57 Å². The van der Waals surface area contributed by atoms with Gasteiger partial charge in [-0.1, -0.05) is 60.7 Å². The third-order valence-corrected chi connectivity index (χ3v) is 8.18. The Morgan fingerprint density at radius 2 is 1.43 bits per heavy atom. The van der Waals surface area contributed by atoms with E-state index in [1.807, 2.05) is 23.5 Å². The summed E-state index contributed by atoms with van der Waals surface area (Å²) in [4.78, 5) is 0. The van der Waals surface area contributed by atoms with Crippen LogP contribution in [0.25, 0.3) is 58.8 Å². The highest BCUT2D eigenvalue weighted by Crippen LogP contribution is 2.41. The average molecular weight is 465 g/mol. The summed E-state index contributed by atoms with van der Waals surface area (Å²) in [5.74, 6) is 0. The number of thiophene rings is 1. The normalized spacial score (nSPS) is 11.5. The molecule has 2 aromatic heterocycles. The fourth-order valence-corrected chi connectivity index (χ4v) is 6.53. The zero-order valence-corrected chi connectivity index (χ0v) is 19.9. The summed E-state index contributed by atoms with van der Waals surface area (Å²) in [6.07, 6.45) is 0. The first-order valence-corrected chi connectivity index (χ1v) is 12.5. The molecule has 0 amide bonds. The molecule has 35 heavy (non-hydrogen) atoms. The van der Waals surface area contributed by atoms with Gasteiger partial charge in [0.1, 0.15) is 0 Å². The lowest BCUT2D eigenvalue weighted by Crippen LogP contribution is -1.94. The Bertz CT molecular complexity index is 1980. The quantitative estimate of drug-likeness (QED) is 0.251. The molecule has 0 aliphatic heterocycles. The van der Waals surface area contributed by atoms with E-state index >= 15 is 0 Å². The SMILES string of the molecule is Cc1ccccc1-c1ccc2c(c1)c1cc(C#N)ccc1n2-c1cccc2c1sc1ccccc12. The lowest BCUT2D eigenvalue weighted by molar-refractivity contribution is 1.20. The summed E-state index contributed by atoms with van der Waals surface area (Å²) in [5, 5.41) is 14.5. The van der Waals surface area contributed by atoms with E-state index in [9.17, 15) is 5.26 Å². The van der Waals surface area contributed by atoms with Crippen LogP contribution in [0.5, 0.6) is 0 Å². The van der Waals surface area contributed by atoms with Crippen LogP contribution < -0.4 is 0 Å². The molecule has 0 aliphatic rings. The Balaban J connectivity index is 1.60. The number of nitriles is 1. The zero-order valence-electron chi connectivity index (χ0n) is 19.1. The number of benzene rings is 5. The van der Waals surface area contributed by atoms with Gasteiger partial charge in [-0.15, -0.1) is 11.3 Å². The molecule has 5 aromatic carbocycles. The summed E-state index contributed by atoms with van der Waals surface area (Å²) in [7, 11) is 0. The van der Waals surface area contributed by atoms with Crippen molar-refractivity contribution in [1.29, 1.82) is 5.26 Å². The van der Waals surface area contributed by atoms with Crippen molar-refractivity contribution in [1.82, 2.24) is 4.57 Å². The van der Waals surface area contributed by atoms with E-state index < -0.39 is 0 Å². The number of nitrogens with zero attached hydrogens (tertiary/aromatic N) is 2. The van der Waals surface area contributed by atoms with Gasteiger partial charge in [0.05, 0.1) is 33.1 Å². The van der Waals surface area contributed by atoms with E-state index in [4.69, 9.17) is 0 Å². The van der Waals surface area contributed by atoms with Gasteiger partial charge in [-0.2, -0.15) is 5.26 Å². The van der Waals surface area contributed by atoms with Gasteiger partial charge in [-0.05, 0) is 66.1 Å². The first kappa shape index (κ1) is 20.0. The average Bonchev–Trinajstić information content (AvgIpc) is 3.44. The molecule has 0 bridgehead atoms. The van der Waals surface area contributed by atoms with Crippen LogP contribution in [-0.2, 0) is 0 Å². The van der Waals surface area contributed by atoms with Gasteiger partial charge >= 0.3 is 0 Å². The third kappa shape index (κ3) is 2.94. The molecule has 0 spiro atoms. The van der Waals surface area contributed by atoms with Crippen molar-refractivity contribution in [3.8, 4) is 22.9 Å². The summed E-state index contributed by atoms with van der Waals surface area (Å²) in [5.41, 5.74) is 7.80. The highest BCUT2D eigenvalue weighted by molar-refractivity contribution is 7.26. The maximum atomic E-state index is 9.63. The molecule has 0 saturated carbocycles. The summed E-state index contributed by atoms with van der Waals surface area (Å²) >= 11 is 1.84. The molecule has 2 heterocycles. The van der Waals surface area contributed by atoms with E-state index in [0.717, 1.165) is 21.8 Å². The minimum Gasteiger partial charge on any atom is -0.308 e. The molecule has 164 valence electrons. The second-order valence-corrected chi connectivity index (χ2v) is 10.0. The van der Waals surface area contributed by atoms with Gasteiger partial charge < -0.3 is 4.57 Å². The van der Waals surface area contributed by atoms with Gasteiger partial charge in [0, 0.05) is 26.2 Å². The lowest BCUT2D eigenvalue weighted by Gasteiger charge is -2.10. The minimum atomic E-state index is 0.679. The summed E-state index contributed by atoms with van der Waals surface area (Å²) in [6.45, 7) is 2.15. The molecule has 0 saturated heterocycles. The number of hydrogen-bond acceptors (Lipinski definition) is 2. The Labute approximate surface area is 206 Å². The molecule has 7 rings (SSSR count). The molecular formula is C32H20N2S. The molecular weight excluding hydrogens is 444 g/mol. The molecule has 0 fully saturated rings. The van der Waals surface area contributed by atoms with Crippen LogP contribution in [0, 0.1) is 18.3 Å². The molecule has 3 heteroatoms. The second-order valence-electron chi connectivity index (χ2n) is 8.98. The predicted molar refractivity (Wildman–Crippen MR) is 149 cm³/mol. The number of aromatic nitrogens is 1. The van der Waals surface area contributed by atoms with E-state index in [-0.39, 0.29) is 0 Å². The minimum absolute atomic E-state index is 0.679. The molecule has 2 nitrogen and oxygen atoms in total. The van der Waals surface area contributed by atoms with Crippen LogP contribution in [0.3, 0.4) is 0 Å². The molecule has 0 unspecified atom stereocenters. The number of fused-ring (bicyclic) bond motifs is 6. The molecule has 0 radical (unpaired) electrons. The van der Waals surface area contributed by atoms with E-state index in [0.29, 0.717) is 5.56 Å². The van der Waals surface area contributed by atoms with Gasteiger partial charge in [-0.3, -0.25) is 0 Å². The Morgan fingerprint density at radius 1 is 0.686 bits per heavy atom. The van der Waals surface area contributed by atoms with Crippen molar-refractivity contribution < 1.29 is 0 Å². The van der Waals surface area contributed by atoms with Crippen LogP contribution in [0.2, 0.25) is 0 Å². The van der Waals surface area contributed by atoms with E-state index in [2.05, 4.69) is 109 Å². The van der Waals surface area contributed by atoms with Crippen molar-refractivity contribution in [2.45, 2.75) is 6.92 Å². The fourth-order valence-electron chi connectivity index (χ4n) is 5.33. The van der Waals surface area contributed by atoms with Gasteiger partial charge in [0.25, 0.3) is 0 Å². The molecule has 0 atom stereocenters.